The number of rotatable bonds is 3. The van der Waals surface area contributed by atoms with Crippen LogP contribution in [-0.4, -0.2) is 64.2 Å². The second kappa shape index (κ2) is 12.7. The minimum absolute atomic E-state index is 0.106. The zero-order chi connectivity index (χ0) is 31.1. The molecule has 2 N–H and O–H groups in total. The van der Waals surface area contributed by atoms with Gasteiger partial charge in [0.2, 0.25) is 10.0 Å². The van der Waals surface area contributed by atoms with E-state index in [1.165, 1.54) is 18.2 Å². The van der Waals surface area contributed by atoms with Gasteiger partial charge in [-0.15, -0.1) is 0 Å². The molecule has 0 unspecified atom stereocenters. The molecular formula is C34H43ClN2O6S. The van der Waals surface area contributed by atoms with Gasteiger partial charge in [-0.3, -0.25) is 4.79 Å². The second-order valence-electron chi connectivity index (χ2n) is 13.2. The van der Waals surface area contributed by atoms with Crippen LogP contribution in [0.3, 0.4) is 0 Å². The van der Waals surface area contributed by atoms with Crippen LogP contribution in [0.1, 0.15) is 66.9 Å². The number of halogens is 1. The SMILES string of the molecule is COCC[C@H]1[C@H](C)C/C=C/[C@H](O)[C@@H]2CC[C@H]2CN2C[C@@]3(CCCc4cc(Cl)ccc43)COc3ccc(cc32)C(=O)NS1(=O)=O. The number of allylic oxidation sites excluding steroid dienone is 1. The highest BCUT2D eigenvalue weighted by Crippen LogP contribution is 2.46. The highest BCUT2D eigenvalue weighted by molar-refractivity contribution is 7.90. The lowest BCUT2D eigenvalue weighted by molar-refractivity contribution is 0.0455. The summed E-state index contributed by atoms with van der Waals surface area (Å²) in [4.78, 5) is 15.9. The number of methoxy groups -OCH3 is 1. The average molecular weight is 643 g/mol. The number of amides is 1. The van der Waals surface area contributed by atoms with E-state index in [9.17, 15) is 18.3 Å². The summed E-state index contributed by atoms with van der Waals surface area (Å²) in [6.45, 7) is 3.99. The molecule has 1 amide bonds. The number of carbonyl (C=O) groups excluding carboxylic acids is 1. The molecule has 2 aromatic carbocycles. The van der Waals surface area contributed by atoms with E-state index >= 15 is 0 Å². The molecular weight excluding hydrogens is 600 g/mol. The molecule has 0 radical (unpaired) electrons. The van der Waals surface area contributed by atoms with Crippen molar-refractivity contribution < 1.29 is 27.8 Å². The molecule has 8 nitrogen and oxygen atoms in total. The Hall–Kier alpha value is -2.59. The number of nitrogens with one attached hydrogen (secondary N) is 1. The summed E-state index contributed by atoms with van der Waals surface area (Å²) >= 11 is 6.40. The number of hydrogen-bond acceptors (Lipinski definition) is 7. The van der Waals surface area contributed by atoms with E-state index in [-0.39, 0.29) is 41.8 Å². The Morgan fingerprint density at radius 3 is 2.82 bits per heavy atom. The number of hydrogen-bond donors (Lipinski definition) is 2. The second-order valence-corrected chi connectivity index (χ2v) is 15.6. The number of ether oxygens (including phenoxy) is 2. The largest absolute Gasteiger partial charge is 0.490 e. The van der Waals surface area contributed by atoms with Crippen LogP contribution in [0.2, 0.25) is 5.02 Å². The summed E-state index contributed by atoms with van der Waals surface area (Å²) in [5.41, 5.74) is 3.27. The predicted octanol–water partition coefficient (Wildman–Crippen LogP) is 5.26. The van der Waals surface area contributed by atoms with E-state index in [2.05, 4.69) is 21.8 Å². The number of carbonyl (C=O) groups is 1. The fourth-order valence-electron chi connectivity index (χ4n) is 7.78. The Kier molecular flexibility index (Phi) is 9.03. The van der Waals surface area contributed by atoms with Crippen molar-refractivity contribution in [2.45, 2.75) is 68.6 Å². The summed E-state index contributed by atoms with van der Waals surface area (Å²) in [7, 11) is -2.49. The van der Waals surface area contributed by atoms with Crippen LogP contribution in [0, 0.1) is 17.8 Å². The number of aryl methyl sites for hydroxylation is 1. The molecule has 2 aliphatic carbocycles. The number of aliphatic hydroxyl groups is 1. The first-order valence-electron chi connectivity index (χ1n) is 15.8. The van der Waals surface area contributed by atoms with Crippen molar-refractivity contribution in [1.82, 2.24) is 4.72 Å². The molecule has 2 aromatic rings. The third kappa shape index (κ3) is 6.13. The summed E-state index contributed by atoms with van der Waals surface area (Å²) in [5.74, 6) is 0.105. The Balaban J connectivity index is 1.41. The van der Waals surface area contributed by atoms with Crippen molar-refractivity contribution in [3.05, 3.63) is 70.3 Å². The van der Waals surface area contributed by atoms with E-state index < -0.39 is 27.3 Å². The van der Waals surface area contributed by atoms with Gasteiger partial charge < -0.3 is 19.5 Å². The number of aliphatic hydroxyl groups excluding tert-OH is 1. The van der Waals surface area contributed by atoms with Crippen LogP contribution in [0.5, 0.6) is 5.75 Å². The van der Waals surface area contributed by atoms with Crippen molar-refractivity contribution in [1.29, 1.82) is 0 Å². The number of anilines is 1. The number of nitrogens with zero attached hydrogens (tertiary/aromatic N) is 1. The quantitative estimate of drug-likeness (QED) is 0.440. The molecule has 2 heterocycles. The van der Waals surface area contributed by atoms with Crippen LogP contribution in [0.4, 0.5) is 5.69 Å². The topological polar surface area (TPSA) is 105 Å². The minimum atomic E-state index is -4.02. The average Bonchev–Trinajstić information content (AvgIpc) is 3.11. The molecule has 1 fully saturated rings. The van der Waals surface area contributed by atoms with E-state index in [0.717, 1.165) is 42.8 Å². The number of fused-ring (bicyclic) bond motifs is 4. The Morgan fingerprint density at radius 1 is 1.20 bits per heavy atom. The molecule has 1 spiro atoms. The fourth-order valence-corrected chi connectivity index (χ4v) is 9.63. The smallest absolute Gasteiger partial charge is 0.264 e. The van der Waals surface area contributed by atoms with E-state index in [1.807, 2.05) is 25.1 Å². The van der Waals surface area contributed by atoms with Gasteiger partial charge in [-0.1, -0.05) is 36.7 Å². The lowest BCUT2D eigenvalue weighted by Gasteiger charge is -2.45. The van der Waals surface area contributed by atoms with Crippen molar-refractivity contribution in [2.24, 2.45) is 17.8 Å². The van der Waals surface area contributed by atoms with Gasteiger partial charge >= 0.3 is 0 Å². The Morgan fingerprint density at radius 2 is 2.05 bits per heavy atom. The van der Waals surface area contributed by atoms with Crippen molar-refractivity contribution in [3.63, 3.8) is 0 Å². The third-order valence-corrected chi connectivity index (χ3v) is 12.6. The number of sulfonamides is 1. The summed E-state index contributed by atoms with van der Waals surface area (Å²) in [5, 5.41) is 11.1. The maximum atomic E-state index is 13.6. The Bertz CT molecular complexity index is 1530. The first-order chi connectivity index (χ1) is 21.1. The van der Waals surface area contributed by atoms with Gasteiger partial charge in [0.1, 0.15) is 5.75 Å². The third-order valence-electron chi connectivity index (χ3n) is 10.4. The lowest BCUT2D eigenvalue weighted by atomic mass is 9.68. The van der Waals surface area contributed by atoms with E-state index in [0.29, 0.717) is 31.9 Å². The van der Waals surface area contributed by atoms with Gasteiger partial charge in [0.15, 0.2) is 0 Å². The van der Waals surface area contributed by atoms with Crippen LogP contribution < -0.4 is 14.4 Å². The molecule has 238 valence electrons. The molecule has 1 saturated carbocycles. The fraction of sp³-hybridized carbons (Fsp3) is 0.559. The molecule has 6 atom stereocenters. The zero-order valence-corrected chi connectivity index (χ0v) is 27.1. The van der Waals surface area contributed by atoms with Crippen LogP contribution in [-0.2, 0) is 26.6 Å². The molecule has 10 heteroatoms. The molecule has 44 heavy (non-hydrogen) atoms. The molecule has 2 aliphatic heterocycles. The maximum absolute atomic E-state index is 13.6. The van der Waals surface area contributed by atoms with E-state index in [1.54, 1.807) is 18.2 Å². The number of benzene rings is 2. The molecule has 2 bridgehead atoms. The first-order valence-corrected chi connectivity index (χ1v) is 17.7. The highest BCUT2D eigenvalue weighted by atomic mass is 35.5. The lowest BCUT2D eigenvalue weighted by Crippen LogP contribution is -2.49. The van der Waals surface area contributed by atoms with Gasteiger partial charge in [-0.25, -0.2) is 13.1 Å². The van der Waals surface area contributed by atoms with Gasteiger partial charge in [0, 0.05) is 42.8 Å². The van der Waals surface area contributed by atoms with Crippen molar-refractivity contribution >= 4 is 33.2 Å². The monoisotopic (exact) mass is 642 g/mol. The molecule has 6 rings (SSSR count). The Labute approximate surface area is 265 Å². The van der Waals surface area contributed by atoms with Crippen LogP contribution >= 0.6 is 11.6 Å². The summed E-state index contributed by atoms with van der Waals surface area (Å²) < 4.78 is 41.3. The van der Waals surface area contributed by atoms with E-state index in [4.69, 9.17) is 21.1 Å². The van der Waals surface area contributed by atoms with Crippen molar-refractivity contribution in [2.75, 3.05) is 38.3 Å². The minimum Gasteiger partial charge on any atom is -0.490 e. The van der Waals surface area contributed by atoms with Crippen molar-refractivity contribution in [3.8, 4) is 5.75 Å². The molecule has 0 aromatic heterocycles. The molecule has 0 saturated heterocycles. The van der Waals surface area contributed by atoms with Crippen LogP contribution in [0.25, 0.3) is 0 Å². The maximum Gasteiger partial charge on any atom is 0.264 e. The normalized spacial score (nSPS) is 32.3. The zero-order valence-electron chi connectivity index (χ0n) is 25.5. The first kappa shape index (κ1) is 31.4. The van der Waals surface area contributed by atoms with Gasteiger partial charge in [0.05, 0.1) is 23.6 Å². The summed E-state index contributed by atoms with van der Waals surface area (Å²) in [6.07, 6.45) is 8.72. The molecule has 4 aliphatic rings. The van der Waals surface area contributed by atoms with Gasteiger partial charge in [-0.05, 0) is 104 Å². The predicted molar refractivity (Wildman–Crippen MR) is 172 cm³/mol. The van der Waals surface area contributed by atoms with Crippen LogP contribution in [0.15, 0.2) is 48.6 Å². The van der Waals surface area contributed by atoms with Gasteiger partial charge in [-0.2, -0.15) is 0 Å². The highest BCUT2D eigenvalue weighted by Gasteiger charge is 2.44. The standard InChI is InChI=1S/C34H43ClN2O6S/c1-22-5-3-7-30(38)27-11-8-25(27)19-37-20-34(15-4-6-23-17-26(35)10-12-28(23)34)21-43-31-13-9-24(18-29(31)37)33(39)36-44(40,41)32(22)14-16-42-2/h3,7,9-10,12-13,17-18,22,25,27,30,32,38H,4-6,8,11,14-16,19-21H2,1-2H3,(H,36,39)/b7-3+/t22-,25+,27-,30+,32+,34+/m1/s1. The van der Waals surface area contributed by atoms with Gasteiger partial charge in [0.25, 0.3) is 5.91 Å². The summed E-state index contributed by atoms with van der Waals surface area (Å²) in [6, 6.07) is 11.4.